The van der Waals surface area contributed by atoms with E-state index in [2.05, 4.69) is 0 Å². The predicted octanol–water partition coefficient (Wildman–Crippen LogP) is 0.887. The van der Waals surface area contributed by atoms with E-state index >= 15 is 0 Å². The SMILES string of the molecule is NCCCCCC(CCO)CCO. The number of nitrogens with two attached hydrogens (primary N) is 1. The molecule has 0 aliphatic carbocycles. The molecule has 0 bridgehead atoms. The first-order valence-corrected chi connectivity index (χ1v) is 5.27. The summed E-state index contributed by atoms with van der Waals surface area (Å²) < 4.78 is 0. The monoisotopic (exact) mass is 189 g/mol. The molecule has 0 aromatic heterocycles. The lowest BCUT2D eigenvalue weighted by Crippen LogP contribution is -2.06. The smallest absolute Gasteiger partial charge is 0.0433 e. The zero-order valence-electron chi connectivity index (χ0n) is 8.41. The first kappa shape index (κ1) is 12.9. The Labute approximate surface area is 81.0 Å². The Morgan fingerprint density at radius 3 is 1.92 bits per heavy atom. The molecule has 0 radical (unpaired) electrons. The highest BCUT2D eigenvalue weighted by Gasteiger charge is 2.06. The van der Waals surface area contributed by atoms with Crippen molar-refractivity contribution in [2.45, 2.75) is 38.5 Å². The maximum atomic E-state index is 8.76. The van der Waals surface area contributed by atoms with Crippen LogP contribution < -0.4 is 5.73 Å². The summed E-state index contributed by atoms with van der Waals surface area (Å²) in [6.07, 6.45) is 6.18. The highest BCUT2D eigenvalue weighted by atomic mass is 16.3. The van der Waals surface area contributed by atoms with Crippen LogP contribution in [0.1, 0.15) is 38.5 Å². The van der Waals surface area contributed by atoms with Crippen molar-refractivity contribution in [2.75, 3.05) is 19.8 Å². The molecule has 13 heavy (non-hydrogen) atoms. The lowest BCUT2D eigenvalue weighted by molar-refractivity contribution is 0.208. The second-order valence-electron chi connectivity index (χ2n) is 3.53. The van der Waals surface area contributed by atoms with E-state index in [1.165, 1.54) is 12.8 Å². The summed E-state index contributed by atoms with van der Waals surface area (Å²) in [7, 11) is 0. The zero-order chi connectivity index (χ0) is 9.94. The number of unbranched alkanes of at least 4 members (excludes halogenated alkanes) is 2. The van der Waals surface area contributed by atoms with E-state index < -0.39 is 0 Å². The van der Waals surface area contributed by atoms with Crippen molar-refractivity contribution in [2.24, 2.45) is 11.7 Å². The van der Waals surface area contributed by atoms with E-state index in [1.54, 1.807) is 0 Å². The van der Waals surface area contributed by atoms with Gasteiger partial charge in [-0.1, -0.05) is 19.3 Å². The van der Waals surface area contributed by atoms with Crippen LogP contribution in [0.15, 0.2) is 0 Å². The third kappa shape index (κ3) is 8.22. The lowest BCUT2D eigenvalue weighted by atomic mass is 9.95. The van der Waals surface area contributed by atoms with Crippen LogP contribution in [0.3, 0.4) is 0 Å². The molecule has 0 heterocycles. The zero-order valence-corrected chi connectivity index (χ0v) is 8.41. The van der Waals surface area contributed by atoms with Crippen LogP contribution >= 0.6 is 0 Å². The molecule has 3 heteroatoms. The quantitative estimate of drug-likeness (QED) is 0.472. The van der Waals surface area contributed by atoms with Crippen molar-refractivity contribution in [3.8, 4) is 0 Å². The fraction of sp³-hybridized carbons (Fsp3) is 1.00. The molecule has 0 aromatic rings. The number of aliphatic hydroxyl groups is 2. The number of aliphatic hydroxyl groups excluding tert-OH is 2. The fourth-order valence-corrected chi connectivity index (χ4v) is 1.55. The molecule has 0 amide bonds. The van der Waals surface area contributed by atoms with E-state index in [9.17, 15) is 0 Å². The van der Waals surface area contributed by atoms with Crippen molar-refractivity contribution in [3.63, 3.8) is 0 Å². The molecule has 0 atom stereocenters. The van der Waals surface area contributed by atoms with Crippen molar-refractivity contribution in [3.05, 3.63) is 0 Å². The molecule has 80 valence electrons. The standard InChI is InChI=1S/C10H23NO2/c11-7-3-1-2-4-10(5-8-12)6-9-13/h10,12-13H,1-9,11H2. The van der Waals surface area contributed by atoms with Crippen molar-refractivity contribution < 1.29 is 10.2 Å². The molecular formula is C10H23NO2. The van der Waals surface area contributed by atoms with Gasteiger partial charge < -0.3 is 15.9 Å². The highest BCUT2D eigenvalue weighted by Crippen LogP contribution is 2.16. The number of rotatable bonds is 9. The summed E-state index contributed by atoms with van der Waals surface area (Å²) in [5, 5.41) is 17.5. The maximum absolute atomic E-state index is 8.76. The molecule has 0 saturated heterocycles. The van der Waals surface area contributed by atoms with Gasteiger partial charge in [0.05, 0.1) is 0 Å². The van der Waals surface area contributed by atoms with Gasteiger partial charge in [0.2, 0.25) is 0 Å². The van der Waals surface area contributed by atoms with Crippen molar-refractivity contribution >= 4 is 0 Å². The summed E-state index contributed by atoms with van der Waals surface area (Å²) in [6.45, 7) is 1.24. The molecule has 0 aliphatic rings. The second-order valence-corrected chi connectivity index (χ2v) is 3.53. The van der Waals surface area contributed by atoms with Gasteiger partial charge in [0.25, 0.3) is 0 Å². The number of hydrogen-bond donors (Lipinski definition) is 3. The van der Waals surface area contributed by atoms with Crippen LogP contribution in [0.4, 0.5) is 0 Å². The van der Waals surface area contributed by atoms with Crippen LogP contribution in [0.5, 0.6) is 0 Å². The van der Waals surface area contributed by atoms with Crippen LogP contribution in [-0.2, 0) is 0 Å². The van der Waals surface area contributed by atoms with E-state index in [0.717, 1.165) is 32.2 Å². The molecule has 0 spiro atoms. The van der Waals surface area contributed by atoms with Gasteiger partial charge in [-0.15, -0.1) is 0 Å². The average molecular weight is 189 g/mol. The third-order valence-electron chi connectivity index (χ3n) is 2.39. The topological polar surface area (TPSA) is 66.5 Å². The minimum absolute atomic E-state index is 0.238. The molecule has 0 aromatic carbocycles. The third-order valence-corrected chi connectivity index (χ3v) is 2.39. The van der Waals surface area contributed by atoms with Gasteiger partial charge in [0, 0.05) is 13.2 Å². The Morgan fingerprint density at radius 1 is 0.846 bits per heavy atom. The van der Waals surface area contributed by atoms with Gasteiger partial charge in [-0.05, 0) is 31.7 Å². The van der Waals surface area contributed by atoms with Crippen LogP contribution in [0, 0.1) is 5.92 Å². The summed E-state index contributed by atoms with van der Waals surface area (Å²) in [5.74, 6) is 0.493. The van der Waals surface area contributed by atoms with E-state index in [-0.39, 0.29) is 13.2 Å². The van der Waals surface area contributed by atoms with Gasteiger partial charge >= 0.3 is 0 Å². The van der Waals surface area contributed by atoms with Gasteiger partial charge in [0.1, 0.15) is 0 Å². The molecule has 0 unspecified atom stereocenters. The normalized spacial score (nSPS) is 11.1. The van der Waals surface area contributed by atoms with Crippen molar-refractivity contribution in [1.82, 2.24) is 0 Å². The Kier molecular flexibility index (Phi) is 9.87. The lowest BCUT2D eigenvalue weighted by Gasteiger charge is -2.13. The first-order chi connectivity index (χ1) is 6.35. The summed E-state index contributed by atoms with van der Waals surface area (Å²) in [5.41, 5.74) is 5.38. The van der Waals surface area contributed by atoms with Crippen LogP contribution in [0.25, 0.3) is 0 Å². The summed E-state index contributed by atoms with van der Waals surface area (Å²) in [4.78, 5) is 0. The predicted molar refractivity (Wildman–Crippen MR) is 54.4 cm³/mol. The second kappa shape index (κ2) is 9.96. The molecular weight excluding hydrogens is 166 g/mol. The molecule has 3 nitrogen and oxygen atoms in total. The fourth-order valence-electron chi connectivity index (χ4n) is 1.55. The minimum atomic E-state index is 0.238. The molecule has 0 rings (SSSR count). The summed E-state index contributed by atoms with van der Waals surface area (Å²) in [6, 6.07) is 0. The Bertz CT molecular complexity index is 92.9. The first-order valence-electron chi connectivity index (χ1n) is 5.27. The van der Waals surface area contributed by atoms with E-state index in [4.69, 9.17) is 15.9 Å². The maximum Gasteiger partial charge on any atom is 0.0433 e. The number of hydrogen-bond acceptors (Lipinski definition) is 3. The van der Waals surface area contributed by atoms with E-state index in [0.29, 0.717) is 5.92 Å². The summed E-state index contributed by atoms with van der Waals surface area (Å²) >= 11 is 0. The van der Waals surface area contributed by atoms with Crippen molar-refractivity contribution in [1.29, 1.82) is 0 Å². The molecule has 0 fully saturated rings. The Balaban J connectivity index is 3.33. The van der Waals surface area contributed by atoms with Gasteiger partial charge in [-0.2, -0.15) is 0 Å². The Morgan fingerprint density at radius 2 is 1.46 bits per heavy atom. The van der Waals surface area contributed by atoms with Gasteiger partial charge in [-0.3, -0.25) is 0 Å². The van der Waals surface area contributed by atoms with E-state index in [1.807, 2.05) is 0 Å². The average Bonchev–Trinajstić information content (AvgIpc) is 2.13. The molecule has 4 N–H and O–H groups in total. The highest BCUT2D eigenvalue weighted by molar-refractivity contribution is 4.59. The Hall–Kier alpha value is -0.120. The van der Waals surface area contributed by atoms with Gasteiger partial charge in [0.15, 0.2) is 0 Å². The largest absolute Gasteiger partial charge is 0.396 e. The van der Waals surface area contributed by atoms with Gasteiger partial charge in [-0.25, -0.2) is 0 Å². The molecule has 0 saturated carbocycles. The minimum Gasteiger partial charge on any atom is -0.396 e. The molecule has 0 aliphatic heterocycles. The van der Waals surface area contributed by atoms with Crippen LogP contribution in [-0.4, -0.2) is 30.0 Å². The van der Waals surface area contributed by atoms with Crippen LogP contribution in [0.2, 0.25) is 0 Å².